The summed E-state index contributed by atoms with van der Waals surface area (Å²) >= 11 is 5.84. The molecule has 1 aromatic carbocycles. The molecule has 0 radical (unpaired) electrons. The highest BCUT2D eigenvalue weighted by Crippen LogP contribution is 2.30. The summed E-state index contributed by atoms with van der Waals surface area (Å²) in [5, 5.41) is 3.74. The Balaban J connectivity index is 1.77. The Morgan fingerprint density at radius 2 is 2.05 bits per heavy atom. The SMILES string of the molecule is Clc1cncc(NC2CCOC2c2ccccc2)n1. The van der Waals surface area contributed by atoms with Crippen LogP contribution in [0.3, 0.4) is 0 Å². The molecule has 1 aromatic heterocycles. The quantitative estimate of drug-likeness (QED) is 0.935. The highest BCUT2D eigenvalue weighted by atomic mass is 35.5. The molecule has 1 saturated heterocycles. The van der Waals surface area contributed by atoms with E-state index < -0.39 is 0 Å². The summed E-state index contributed by atoms with van der Waals surface area (Å²) in [5.74, 6) is 0.684. The number of hydrogen-bond donors (Lipinski definition) is 1. The van der Waals surface area contributed by atoms with Crippen LogP contribution in [-0.2, 0) is 4.74 Å². The number of halogens is 1. The van der Waals surface area contributed by atoms with Crippen LogP contribution in [0.4, 0.5) is 5.82 Å². The van der Waals surface area contributed by atoms with Gasteiger partial charge in [0.05, 0.1) is 18.4 Å². The fraction of sp³-hybridized carbons (Fsp3) is 0.286. The maximum Gasteiger partial charge on any atom is 0.149 e. The molecule has 2 heterocycles. The summed E-state index contributed by atoms with van der Waals surface area (Å²) in [6.07, 6.45) is 4.18. The Morgan fingerprint density at radius 1 is 1.21 bits per heavy atom. The van der Waals surface area contributed by atoms with Crippen molar-refractivity contribution in [1.29, 1.82) is 0 Å². The summed E-state index contributed by atoms with van der Waals surface area (Å²) in [6.45, 7) is 0.741. The van der Waals surface area contributed by atoms with Crippen molar-refractivity contribution in [2.45, 2.75) is 18.6 Å². The van der Waals surface area contributed by atoms with E-state index in [0.29, 0.717) is 11.0 Å². The van der Waals surface area contributed by atoms with E-state index in [1.807, 2.05) is 18.2 Å². The lowest BCUT2D eigenvalue weighted by molar-refractivity contribution is 0.107. The molecule has 19 heavy (non-hydrogen) atoms. The summed E-state index contributed by atoms with van der Waals surface area (Å²) in [6, 6.07) is 10.4. The van der Waals surface area contributed by atoms with Crippen molar-refractivity contribution in [3.05, 3.63) is 53.4 Å². The van der Waals surface area contributed by atoms with Crippen molar-refractivity contribution in [3.63, 3.8) is 0 Å². The van der Waals surface area contributed by atoms with Gasteiger partial charge in [0.25, 0.3) is 0 Å². The topological polar surface area (TPSA) is 47.0 Å². The third kappa shape index (κ3) is 2.85. The highest BCUT2D eigenvalue weighted by molar-refractivity contribution is 6.29. The van der Waals surface area contributed by atoms with Crippen LogP contribution >= 0.6 is 11.6 Å². The number of rotatable bonds is 3. The molecular formula is C14H14ClN3O. The van der Waals surface area contributed by atoms with Gasteiger partial charge in [0.15, 0.2) is 0 Å². The van der Waals surface area contributed by atoms with Gasteiger partial charge in [0.1, 0.15) is 17.1 Å². The Bertz CT molecular complexity index is 549. The lowest BCUT2D eigenvalue weighted by Gasteiger charge is -2.20. The molecule has 0 spiro atoms. The number of benzene rings is 1. The molecule has 1 aliphatic heterocycles. The van der Waals surface area contributed by atoms with E-state index in [1.165, 1.54) is 11.8 Å². The number of aromatic nitrogens is 2. The molecule has 98 valence electrons. The third-order valence-corrected chi connectivity index (χ3v) is 3.34. The predicted molar refractivity (Wildman–Crippen MR) is 74.2 cm³/mol. The monoisotopic (exact) mass is 275 g/mol. The molecule has 0 amide bonds. The zero-order valence-corrected chi connectivity index (χ0v) is 11.0. The maximum atomic E-state index is 5.84. The molecule has 2 atom stereocenters. The van der Waals surface area contributed by atoms with Crippen LogP contribution in [0.1, 0.15) is 18.1 Å². The maximum absolute atomic E-state index is 5.84. The van der Waals surface area contributed by atoms with Crippen LogP contribution in [-0.4, -0.2) is 22.6 Å². The molecule has 1 fully saturated rings. The van der Waals surface area contributed by atoms with Crippen LogP contribution < -0.4 is 5.32 Å². The molecule has 3 rings (SSSR count). The van der Waals surface area contributed by atoms with Crippen LogP contribution in [0.2, 0.25) is 5.15 Å². The van der Waals surface area contributed by atoms with E-state index in [1.54, 1.807) is 6.20 Å². The van der Waals surface area contributed by atoms with Crippen LogP contribution in [0.15, 0.2) is 42.7 Å². The second-order valence-corrected chi connectivity index (χ2v) is 4.86. The average Bonchev–Trinajstić information content (AvgIpc) is 2.88. The molecule has 1 N–H and O–H groups in total. The average molecular weight is 276 g/mol. The van der Waals surface area contributed by atoms with Gasteiger partial charge >= 0.3 is 0 Å². The van der Waals surface area contributed by atoms with Crippen molar-refractivity contribution in [1.82, 2.24) is 9.97 Å². The van der Waals surface area contributed by atoms with Gasteiger partial charge in [-0.1, -0.05) is 41.9 Å². The second-order valence-electron chi connectivity index (χ2n) is 4.47. The summed E-state index contributed by atoms with van der Waals surface area (Å²) in [7, 11) is 0. The fourth-order valence-corrected chi connectivity index (χ4v) is 2.46. The van der Waals surface area contributed by atoms with Crippen LogP contribution in [0, 0.1) is 0 Å². The molecule has 5 heteroatoms. The number of anilines is 1. The van der Waals surface area contributed by atoms with Crippen LogP contribution in [0.5, 0.6) is 0 Å². The number of nitrogens with zero attached hydrogens (tertiary/aromatic N) is 2. The molecule has 1 aliphatic rings. The first-order chi connectivity index (χ1) is 9.33. The van der Waals surface area contributed by atoms with Crippen molar-refractivity contribution in [2.75, 3.05) is 11.9 Å². The van der Waals surface area contributed by atoms with Gasteiger partial charge in [-0.25, -0.2) is 4.98 Å². The number of nitrogens with one attached hydrogen (secondary N) is 1. The standard InChI is InChI=1S/C14H14ClN3O/c15-12-8-16-9-13(18-12)17-11-6-7-19-14(11)10-4-2-1-3-5-10/h1-5,8-9,11,14H,6-7H2,(H,17,18). The molecule has 2 unspecified atom stereocenters. The third-order valence-electron chi connectivity index (χ3n) is 3.16. The Hall–Kier alpha value is -1.65. The minimum atomic E-state index is 0.0435. The summed E-state index contributed by atoms with van der Waals surface area (Å²) < 4.78 is 5.81. The van der Waals surface area contributed by atoms with Gasteiger partial charge in [-0.3, -0.25) is 4.98 Å². The van der Waals surface area contributed by atoms with E-state index in [9.17, 15) is 0 Å². The van der Waals surface area contributed by atoms with Gasteiger partial charge in [0.2, 0.25) is 0 Å². The van der Waals surface area contributed by atoms with Gasteiger partial charge in [-0.15, -0.1) is 0 Å². The number of ether oxygens (including phenoxy) is 1. The normalized spacial score (nSPS) is 22.4. The van der Waals surface area contributed by atoms with Crippen molar-refractivity contribution < 1.29 is 4.74 Å². The first-order valence-electron chi connectivity index (χ1n) is 6.23. The van der Waals surface area contributed by atoms with E-state index in [0.717, 1.165) is 13.0 Å². The highest BCUT2D eigenvalue weighted by Gasteiger charge is 2.29. The predicted octanol–water partition coefficient (Wildman–Crippen LogP) is 3.07. The number of hydrogen-bond acceptors (Lipinski definition) is 4. The minimum absolute atomic E-state index is 0.0435. The lowest BCUT2D eigenvalue weighted by atomic mass is 10.0. The lowest BCUT2D eigenvalue weighted by Crippen LogP contribution is -2.23. The van der Waals surface area contributed by atoms with Gasteiger partial charge < -0.3 is 10.1 Å². The Morgan fingerprint density at radius 3 is 2.84 bits per heavy atom. The second kappa shape index (κ2) is 5.55. The van der Waals surface area contributed by atoms with E-state index >= 15 is 0 Å². The molecule has 0 saturated carbocycles. The zero-order chi connectivity index (χ0) is 13.1. The van der Waals surface area contributed by atoms with Gasteiger partial charge in [-0.05, 0) is 12.0 Å². The molecular weight excluding hydrogens is 262 g/mol. The summed E-state index contributed by atoms with van der Waals surface area (Å²) in [5.41, 5.74) is 1.17. The minimum Gasteiger partial charge on any atom is -0.371 e. The first-order valence-corrected chi connectivity index (χ1v) is 6.61. The van der Waals surface area contributed by atoms with Gasteiger partial charge in [-0.2, -0.15) is 0 Å². The van der Waals surface area contributed by atoms with E-state index in [2.05, 4.69) is 27.4 Å². The van der Waals surface area contributed by atoms with Crippen LogP contribution in [0.25, 0.3) is 0 Å². The smallest absolute Gasteiger partial charge is 0.149 e. The Labute approximate surface area is 116 Å². The molecule has 0 aliphatic carbocycles. The van der Waals surface area contributed by atoms with Crippen molar-refractivity contribution in [2.24, 2.45) is 0 Å². The zero-order valence-electron chi connectivity index (χ0n) is 10.3. The molecule has 0 bridgehead atoms. The molecule has 2 aromatic rings. The largest absolute Gasteiger partial charge is 0.371 e. The van der Waals surface area contributed by atoms with Crippen molar-refractivity contribution >= 4 is 17.4 Å². The van der Waals surface area contributed by atoms with Gasteiger partial charge in [0, 0.05) is 6.61 Å². The molecule has 4 nitrogen and oxygen atoms in total. The Kier molecular flexibility index (Phi) is 3.62. The van der Waals surface area contributed by atoms with E-state index in [-0.39, 0.29) is 12.1 Å². The van der Waals surface area contributed by atoms with Crippen molar-refractivity contribution in [3.8, 4) is 0 Å². The summed E-state index contributed by atoms with van der Waals surface area (Å²) in [4.78, 5) is 8.23. The first kappa shape index (κ1) is 12.4. The fourth-order valence-electron chi connectivity index (χ4n) is 2.31. The van der Waals surface area contributed by atoms with E-state index in [4.69, 9.17) is 16.3 Å².